The van der Waals surface area contributed by atoms with Gasteiger partial charge in [0, 0.05) is 0 Å². The third kappa shape index (κ3) is 3.16. The fraction of sp³-hybridized carbons (Fsp3) is 0.462. The summed E-state index contributed by atoms with van der Waals surface area (Å²) in [6.07, 6.45) is 1.19. The van der Waals surface area contributed by atoms with Crippen LogP contribution in [0.15, 0.2) is 18.2 Å². The number of hydrogen-bond acceptors (Lipinski definition) is 2. The Morgan fingerprint density at radius 3 is 2.32 bits per heavy atom. The third-order valence-corrected chi connectivity index (χ3v) is 4.46. The van der Waals surface area contributed by atoms with Crippen molar-refractivity contribution >= 4 is 41.6 Å². The highest BCUT2D eigenvalue weighted by molar-refractivity contribution is 6.42. The molecule has 1 aromatic carbocycles. The highest BCUT2D eigenvalue weighted by Gasteiger charge is 2.42. The number of carboxylic acid groups (broad SMARTS) is 1. The minimum Gasteiger partial charge on any atom is -0.481 e. The summed E-state index contributed by atoms with van der Waals surface area (Å²) in [5.74, 6) is -0.783. The second-order valence-corrected chi connectivity index (χ2v) is 5.63. The molecule has 3 nitrogen and oxygen atoms in total. The molecule has 0 unspecified atom stereocenters. The number of hydrogen-bond donors (Lipinski definition) is 1. The molecule has 0 amide bonds. The van der Waals surface area contributed by atoms with Crippen molar-refractivity contribution in [2.75, 3.05) is 20.1 Å². The fourth-order valence-corrected chi connectivity index (χ4v) is 2.72. The van der Waals surface area contributed by atoms with Crippen LogP contribution in [0.2, 0.25) is 10.0 Å². The topological polar surface area (TPSA) is 40.5 Å². The summed E-state index contributed by atoms with van der Waals surface area (Å²) in [5, 5.41) is 10.5. The molecule has 0 aliphatic carbocycles. The van der Waals surface area contributed by atoms with Crippen LogP contribution >= 0.6 is 35.6 Å². The van der Waals surface area contributed by atoms with E-state index in [4.69, 9.17) is 23.2 Å². The van der Waals surface area contributed by atoms with Gasteiger partial charge in [0.05, 0.1) is 15.5 Å². The van der Waals surface area contributed by atoms with E-state index in [1.165, 1.54) is 0 Å². The van der Waals surface area contributed by atoms with Gasteiger partial charge in [-0.05, 0) is 50.7 Å². The summed E-state index contributed by atoms with van der Waals surface area (Å²) >= 11 is 11.9. The van der Waals surface area contributed by atoms with Crippen LogP contribution in [0.4, 0.5) is 0 Å². The van der Waals surface area contributed by atoms with Crippen molar-refractivity contribution in [1.82, 2.24) is 4.90 Å². The van der Waals surface area contributed by atoms with Gasteiger partial charge in [-0.3, -0.25) is 4.79 Å². The van der Waals surface area contributed by atoms with E-state index in [0.717, 1.165) is 18.7 Å². The Morgan fingerprint density at radius 1 is 1.26 bits per heavy atom. The quantitative estimate of drug-likeness (QED) is 0.905. The molecule has 0 aromatic heterocycles. The van der Waals surface area contributed by atoms with E-state index in [1.807, 2.05) is 7.05 Å². The van der Waals surface area contributed by atoms with Gasteiger partial charge >= 0.3 is 5.97 Å². The molecule has 1 heterocycles. The van der Waals surface area contributed by atoms with Gasteiger partial charge in [-0.2, -0.15) is 0 Å². The van der Waals surface area contributed by atoms with Crippen LogP contribution in [0.1, 0.15) is 18.4 Å². The summed E-state index contributed by atoms with van der Waals surface area (Å²) in [7, 11) is 2.00. The maximum absolute atomic E-state index is 11.7. The number of benzene rings is 1. The third-order valence-electron chi connectivity index (χ3n) is 3.72. The van der Waals surface area contributed by atoms with Crippen LogP contribution in [-0.4, -0.2) is 36.1 Å². The predicted octanol–water partition coefficient (Wildman–Crippen LogP) is 3.46. The lowest BCUT2D eigenvalue weighted by Crippen LogP contribution is -2.46. The van der Waals surface area contributed by atoms with Crippen LogP contribution in [0.25, 0.3) is 0 Å². The number of rotatable bonds is 2. The lowest BCUT2D eigenvalue weighted by molar-refractivity contribution is -0.145. The first kappa shape index (κ1) is 16.6. The van der Waals surface area contributed by atoms with Gasteiger partial charge in [-0.1, -0.05) is 29.3 Å². The molecule has 1 N–H and O–H groups in total. The molecule has 6 heteroatoms. The van der Waals surface area contributed by atoms with Crippen molar-refractivity contribution in [3.05, 3.63) is 33.8 Å². The number of nitrogens with zero attached hydrogens (tertiary/aromatic N) is 1. The van der Waals surface area contributed by atoms with Gasteiger partial charge in [-0.25, -0.2) is 0 Å². The van der Waals surface area contributed by atoms with Crippen molar-refractivity contribution in [2.45, 2.75) is 18.3 Å². The van der Waals surface area contributed by atoms with Crippen molar-refractivity contribution in [2.24, 2.45) is 0 Å². The van der Waals surface area contributed by atoms with E-state index in [-0.39, 0.29) is 12.4 Å². The lowest BCUT2D eigenvalue weighted by atomic mass is 9.73. The SMILES string of the molecule is CN1CCC(C(=O)O)(c2ccc(Cl)c(Cl)c2)CC1.Cl. The highest BCUT2D eigenvalue weighted by atomic mass is 35.5. The van der Waals surface area contributed by atoms with Gasteiger partial charge in [0.1, 0.15) is 0 Å². The Labute approximate surface area is 128 Å². The Morgan fingerprint density at radius 2 is 1.84 bits per heavy atom. The molecule has 1 saturated heterocycles. The van der Waals surface area contributed by atoms with Gasteiger partial charge in [-0.15, -0.1) is 12.4 Å². The highest BCUT2D eigenvalue weighted by Crippen LogP contribution is 2.38. The molecule has 1 aliphatic rings. The molecule has 0 atom stereocenters. The van der Waals surface area contributed by atoms with Gasteiger partial charge in [0.25, 0.3) is 0 Å². The van der Waals surface area contributed by atoms with Crippen molar-refractivity contribution < 1.29 is 9.90 Å². The van der Waals surface area contributed by atoms with E-state index in [2.05, 4.69) is 4.90 Å². The molecule has 0 radical (unpaired) electrons. The van der Waals surface area contributed by atoms with E-state index in [1.54, 1.807) is 18.2 Å². The van der Waals surface area contributed by atoms with Crippen molar-refractivity contribution in [3.63, 3.8) is 0 Å². The molecule has 19 heavy (non-hydrogen) atoms. The van der Waals surface area contributed by atoms with Crippen LogP contribution < -0.4 is 0 Å². The minimum absolute atomic E-state index is 0. The molecular formula is C13H16Cl3NO2. The predicted molar refractivity (Wildman–Crippen MR) is 79.8 cm³/mol. The second kappa shape index (κ2) is 6.31. The standard InChI is InChI=1S/C13H15Cl2NO2.ClH/c1-16-6-4-13(5-7-16,12(17)18)9-2-3-10(14)11(15)8-9;/h2-3,8H,4-7H2,1H3,(H,17,18);1H. The summed E-state index contributed by atoms with van der Waals surface area (Å²) < 4.78 is 0. The Bertz CT molecular complexity index is 471. The molecule has 1 fully saturated rings. The average Bonchev–Trinajstić information content (AvgIpc) is 2.34. The van der Waals surface area contributed by atoms with E-state index in [9.17, 15) is 9.90 Å². The summed E-state index contributed by atoms with van der Waals surface area (Å²) in [6, 6.07) is 5.12. The smallest absolute Gasteiger partial charge is 0.314 e. The Kier molecular flexibility index (Phi) is 5.51. The molecule has 2 rings (SSSR count). The zero-order chi connectivity index (χ0) is 13.3. The number of carbonyl (C=O) groups is 1. The minimum atomic E-state index is -0.833. The first-order chi connectivity index (χ1) is 8.45. The monoisotopic (exact) mass is 323 g/mol. The van der Waals surface area contributed by atoms with E-state index < -0.39 is 11.4 Å². The van der Waals surface area contributed by atoms with Crippen molar-refractivity contribution in [1.29, 1.82) is 0 Å². The molecule has 0 saturated carbocycles. The first-order valence-electron chi connectivity index (χ1n) is 5.83. The number of halogens is 3. The number of carboxylic acids is 1. The zero-order valence-corrected chi connectivity index (χ0v) is 12.9. The molecule has 106 valence electrons. The number of likely N-dealkylation sites (tertiary alicyclic amines) is 1. The average molecular weight is 325 g/mol. The molecule has 0 bridgehead atoms. The Hall–Kier alpha value is -0.480. The van der Waals surface area contributed by atoms with Crippen LogP contribution in [-0.2, 0) is 10.2 Å². The zero-order valence-electron chi connectivity index (χ0n) is 10.5. The van der Waals surface area contributed by atoms with Crippen LogP contribution in [0.5, 0.6) is 0 Å². The Balaban J connectivity index is 0.00000180. The van der Waals surface area contributed by atoms with Crippen LogP contribution in [0, 0.1) is 0 Å². The molecule has 1 aromatic rings. The molecule has 1 aliphatic heterocycles. The van der Waals surface area contributed by atoms with Crippen LogP contribution in [0.3, 0.4) is 0 Å². The van der Waals surface area contributed by atoms with Gasteiger partial charge in [0.15, 0.2) is 0 Å². The van der Waals surface area contributed by atoms with Gasteiger partial charge in [0.2, 0.25) is 0 Å². The first-order valence-corrected chi connectivity index (χ1v) is 6.59. The second-order valence-electron chi connectivity index (χ2n) is 4.82. The number of piperidine rings is 1. The van der Waals surface area contributed by atoms with Gasteiger partial charge < -0.3 is 10.0 Å². The maximum Gasteiger partial charge on any atom is 0.314 e. The molecule has 0 spiro atoms. The van der Waals surface area contributed by atoms with E-state index in [0.29, 0.717) is 22.9 Å². The van der Waals surface area contributed by atoms with E-state index >= 15 is 0 Å². The normalized spacial score (nSPS) is 18.7. The fourth-order valence-electron chi connectivity index (χ4n) is 2.42. The van der Waals surface area contributed by atoms with Crippen molar-refractivity contribution in [3.8, 4) is 0 Å². The maximum atomic E-state index is 11.7. The molecular weight excluding hydrogens is 309 g/mol. The summed E-state index contributed by atoms with van der Waals surface area (Å²) in [6.45, 7) is 1.54. The lowest BCUT2D eigenvalue weighted by Gasteiger charge is -2.37. The summed E-state index contributed by atoms with van der Waals surface area (Å²) in [5.41, 5.74) is -0.0849. The number of aliphatic carboxylic acids is 1. The summed E-state index contributed by atoms with van der Waals surface area (Å²) in [4.78, 5) is 13.8. The largest absolute Gasteiger partial charge is 0.481 e.